The Labute approximate surface area is 197 Å². The van der Waals surface area contributed by atoms with E-state index in [1.54, 1.807) is 33.9 Å². The average molecular weight is 475 g/mol. The van der Waals surface area contributed by atoms with Crippen LogP contribution in [0.25, 0.3) is 28.2 Å². The summed E-state index contributed by atoms with van der Waals surface area (Å²) in [6, 6.07) is 5.47. The number of halogens is 2. The van der Waals surface area contributed by atoms with Crippen LogP contribution in [0.3, 0.4) is 0 Å². The Hall–Kier alpha value is -4.73. The summed E-state index contributed by atoms with van der Waals surface area (Å²) >= 11 is 0. The van der Waals surface area contributed by atoms with Crippen LogP contribution in [-0.2, 0) is 13.1 Å². The highest BCUT2D eigenvalue weighted by Crippen LogP contribution is 2.30. The monoisotopic (exact) mass is 475 g/mol. The SMILES string of the molecule is CCCn1cc(-c2cnc(-n3cnc4cc(C#N)cnc43)cc2Nc2cnn(CC(F)F)c2)nn1. The number of anilines is 2. The molecular formula is C22H19F2N11. The van der Waals surface area contributed by atoms with Gasteiger partial charge >= 0.3 is 0 Å². The van der Waals surface area contributed by atoms with Gasteiger partial charge in [0.25, 0.3) is 6.43 Å². The number of hydrogen-bond acceptors (Lipinski definition) is 8. The Balaban J connectivity index is 1.56. The fourth-order valence-electron chi connectivity index (χ4n) is 3.60. The molecule has 0 atom stereocenters. The molecule has 13 heteroatoms. The van der Waals surface area contributed by atoms with Crippen molar-refractivity contribution < 1.29 is 8.78 Å². The van der Waals surface area contributed by atoms with Crippen molar-refractivity contribution in [1.82, 2.24) is 44.3 Å². The molecule has 0 aliphatic rings. The van der Waals surface area contributed by atoms with Crippen LogP contribution in [0.1, 0.15) is 18.9 Å². The van der Waals surface area contributed by atoms with Crippen LogP contribution in [-0.4, -0.2) is 50.7 Å². The van der Waals surface area contributed by atoms with Gasteiger partial charge in [-0.15, -0.1) is 5.10 Å². The number of rotatable bonds is 8. The molecule has 5 aromatic rings. The van der Waals surface area contributed by atoms with Gasteiger partial charge in [0.2, 0.25) is 0 Å². The van der Waals surface area contributed by atoms with Crippen molar-refractivity contribution in [3.05, 3.63) is 55.0 Å². The minimum absolute atomic E-state index is 0.407. The van der Waals surface area contributed by atoms with E-state index in [0.29, 0.717) is 45.2 Å². The van der Waals surface area contributed by atoms with Crippen LogP contribution < -0.4 is 5.32 Å². The molecule has 11 nitrogen and oxygen atoms in total. The highest BCUT2D eigenvalue weighted by molar-refractivity contribution is 5.80. The lowest BCUT2D eigenvalue weighted by molar-refractivity contribution is 0.122. The molecule has 0 fully saturated rings. The molecule has 0 spiro atoms. The standard InChI is InChI=1S/C22H19F2N11/c1-2-3-33-11-19(31-32-33)16-9-26-21(35-13-28-18-4-14(6-25)7-27-22(18)35)5-17(16)30-15-8-29-34(10-15)12-20(23)24/h4-5,7-11,13,20H,2-3,12H2,1H3,(H,26,30). The fourth-order valence-corrected chi connectivity index (χ4v) is 3.60. The summed E-state index contributed by atoms with van der Waals surface area (Å²) in [5.74, 6) is 0.511. The Morgan fingerprint density at radius 3 is 2.77 bits per heavy atom. The van der Waals surface area contributed by atoms with Crippen LogP contribution in [0, 0.1) is 11.3 Å². The fraction of sp³-hybridized carbons (Fsp3) is 0.227. The zero-order chi connectivity index (χ0) is 24.4. The summed E-state index contributed by atoms with van der Waals surface area (Å²) in [6.45, 7) is 2.27. The Kier molecular flexibility index (Phi) is 5.84. The van der Waals surface area contributed by atoms with Crippen molar-refractivity contribution >= 4 is 22.5 Å². The molecule has 0 radical (unpaired) electrons. The summed E-state index contributed by atoms with van der Waals surface area (Å²) in [7, 11) is 0. The van der Waals surface area contributed by atoms with E-state index in [9.17, 15) is 8.78 Å². The molecule has 0 bridgehead atoms. The molecule has 5 aromatic heterocycles. The van der Waals surface area contributed by atoms with Gasteiger partial charge in [-0.25, -0.2) is 23.7 Å². The van der Waals surface area contributed by atoms with E-state index in [2.05, 4.69) is 35.7 Å². The topological polar surface area (TPSA) is 128 Å². The second kappa shape index (κ2) is 9.26. The van der Waals surface area contributed by atoms with Crippen molar-refractivity contribution in [3.8, 4) is 23.1 Å². The zero-order valence-electron chi connectivity index (χ0n) is 18.5. The third kappa shape index (κ3) is 4.54. The molecular weight excluding hydrogens is 456 g/mol. The number of hydrogen-bond donors (Lipinski definition) is 1. The Morgan fingerprint density at radius 1 is 1.09 bits per heavy atom. The van der Waals surface area contributed by atoms with Crippen LogP contribution >= 0.6 is 0 Å². The maximum atomic E-state index is 12.8. The normalized spacial score (nSPS) is 11.3. The van der Waals surface area contributed by atoms with Crippen LogP contribution in [0.5, 0.6) is 0 Å². The summed E-state index contributed by atoms with van der Waals surface area (Å²) in [4.78, 5) is 13.2. The number of alkyl halides is 2. The summed E-state index contributed by atoms with van der Waals surface area (Å²) in [5, 5.41) is 24.8. The first kappa shape index (κ1) is 22.1. The van der Waals surface area contributed by atoms with Gasteiger partial charge in [-0.2, -0.15) is 10.4 Å². The Bertz CT molecular complexity index is 1530. The summed E-state index contributed by atoms with van der Waals surface area (Å²) in [5.41, 5.74) is 3.91. The lowest BCUT2D eigenvalue weighted by Crippen LogP contribution is -2.06. The summed E-state index contributed by atoms with van der Waals surface area (Å²) < 4.78 is 30.1. The molecule has 5 heterocycles. The lowest BCUT2D eigenvalue weighted by atomic mass is 10.1. The number of pyridine rings is 2. The molecule has 35 heavy (non-hydrogen) atoms. The molecule has 0 saturated carbocycles. The zero-order valence-corrected chi connectivity index (χ0v) is 18.5. The van der Waals surface area contributed by atoms with E-state index in [1.807, 2.05) is 19.2 Å². The maximum Gasteiger partial charge on any atom is 0.257 e. The van der Waals surface area contributed by atoms with Crippen molar-refractivity contribution in [3.63, 3.8) is 0 Å². The van der Waals surface area contributed by atoms with E-state index < -0.39 is 13.0 Å². The van der Waals surface area contributed by atoms with E-state index in [-0.39, 0.29) is 0 Å². The second-order valence-electron chi connectivity index (χ2n) is 7.72. The van der Waals surface area contributed by atoms with E-state index in [1.165, 1.54) is 23.3 Å². The van der Waals surface area contributed by atoms with Crippen molar-refractivity contribution in [2.24, 2.45) is 0 Å². The third-order valence-electron chi connectivity index (χ3n) is 5.16. The predicted molar refractivity (Wildman–Crippen MR) is 122 cm³/mol. The number of aromatic nitrogens is 9. The second-order valence-corrected chi connectivity index (χ2v) is 7.72. The molecule has 0 saturated heterocycles. The van der Waals surface area contributed by atoms with E-state index in [4.69, 9.17) is 5.26 Å². The van der Waals surface area contributed by atoms with Gasteiger partial charge in [-0.1, -0.05) is 12.1 Å². The van der Waals surface area contributed by atoms with E-state index in [0.717, 1.165) is 13.0 Å². The molecule has 5 rings (SSSR count). The highest BCUT2D eigenvalue weighted by Gasteiger charge is 2.16. The van der Waals surface area contributed by atoms with Gasteiger partial charge in [0.15, 0.2) is 5.65 Å². The van der Waals surface area contributed by atoms with Gasteiger partial charge in [-0.05, 0) is 12.5 Å². The van der Waals surface area contributed by atoms with Crippen LogP contribution in [0.15, 0.2) is 49.4 Å². The minimum atomic E-state index is -2.51. The first-order chi connectivity index (χ1) is 17.0. The quantitative estimate of drug-likeness (QED) is 0.361. The number of nitrogens with one attached hydrogen (secondary N) is 1. The number of nitrogens with zero attached hydrogens (tertiary/aromatic N) is 10. The number of fused-ring (bicyclic) bond motifs is 1. The maximum absolute atomic E-state index is 12.8. The Morgan fingerprint density at radius 2 is 1.97 bits per heavy atom. The van der Waals surface area contributed by atoms with Gasteiger partial charge < -0.3 is 5.32 Å². The number of imidazole rings is 1. The molecule has 0 amide bonds. The smallest absolute Gasteiger partial charge is 0.257 e. The first-order valence-electron chi connectivity index (χ1n) is 10.8. The number of nitriles is 1. The van der Waals surface area contributed by atoms with Crippen LogP contribution in [0.4, 0.5) is 20.2 Å². The van der Waals surface area contributed by atoms with Gasteiger partial charge in [-0.3, -0.25) is 13.9 Å². The van der Waals surface area contributed by atoms with Crippen LogP contribution in [0.2, 0.25) is 0 Å². The van der Waals surface area contributed by atoms with E-state index >= 15 is 0 Å². The minimum Gasteiger partial charge on any atom is -0.352 e. The molecule has 0 aromatic carbocycles. The van der Waals surface area contributed by atoms with Crippen molar-refractivity contribution in [2.45, 2.75) is 32.9 Å². The highest BCUT2D eigenvalue weighted by atomic mass is 19.3. The first-order valence-corrected chi connectivity index (χ1v) is 10.8. The molecule has 1 N–H and O–H groups in total. The molecule has 176 valence electrons. The summed E-state index contributed by atoms with van der Waals surface area (Å²) in [6.07, 6.45) is 7.88. The largest absolute Gasteiger partial charge is 0.352 e. The predicted octanol–water partition coefficient (Wildman–Crippen LogP) is 3.56. The van der Waals surface area contributed by atoms with Gasteiger partial charge in [0.1, 0.15) is 36.0 Å². The molecule has 0 aliphatic carbocycles. The number of aryl methyl sites for hydroxylation is 1. The third-order valence-corrected chi connectivity index (χ3v) is 5.16. The lowest BCUT2D eigenvalue weighted by Gasteiger charge is -2.11. The molecule has 0 unspecified atom stereocenters. The van der Waals surface area contributed by atoms with Gasteiger partial charge in [0.05, 0.1) is 29.3 Å². The molecule has 0 aliphatic heterocycles. The van der Waals surface area contributed by atoms with Gasteiger partial charge in [0, 0.05) is 36.8 Å². The van der Waals surface area contributed by atoms with Crippen molar-refractivity contribution in [2.75, 3.05) is 5.32 Å². The average Bonchev–Trinajstić information content (AvgIpc) is 3.59. The van der Waals surface area contributed by atoms with Crippen molar-refractivity contribution in [1.29, 1.82) is 5.26 Å².